The van der Waals surface area contributed by atoms with Crippen LogP contribution in [0.4, 0.5) is 0 Å². The minimum atomic E-state index is -0.881. The van der Waals surface area contributed by atoms with Crippen LogP contribution in [0.2, 0.25) is 5.02 Å². The van der Waals surface area contributed by atoms with Crippen LogP contribution in [-0.2, 0) is 11.2 Å². The molecule has 0 heterocycles. The van der Waals surface area contributed by atoms with Crippen molar-refractivity contribution in [2.24, 2.45) is 5.73 Å². The van der Waals surface area contributed by atoms with E-state index < -0.39 is 11.9 Å². The Hall–Kier alpha value is -3.11. The predicted octanol–water partition coefficient (Wildman–Crippen LogP) is 5.09. The van der Waals surface area contributed by atoms with Crippen molar-refractivity contribution >= 4 is 23.4 Å². The van der Waals surface area contributed by atoms with E-state index in [1.54, 1.807) is 17.0 Å². The number of benzene rings is 3. The van der Waals surface area contributed by atoms with Gasteiger partial charge in [0.1, 0.15) is 6.04 Å². The summed E-state index contributed by atoms with van der Waals surface area (Å²) in [5, 5.41) is 0.614. The molecule has 1 aliphatic carbocycles. The molecule has 0 radical (unpaired) electrons. The van der Waals surface area contributed by atoms with Crippen LogP contribution in [0.25, 0.3) is 0 Å². The number of carbonyl (C=O) groups excluding carboxylic acids is 2. The van der Waals surface area contributed by atoms with Gasteiger partial charge in [0.05, 0.1) is 6.04 Å². The lowest BCUT2D eigenvalue weighted by molar-refractivity contribution is -0.123. The van der Waals surface area contributed by atoms with E-state index in [1.165, 1.54) is 0 Å². The van der Waals surface area contributed by atoms with Gasteiger partial charge in [-0.15, -0.1) is 0 Å². The summed E-state index contributed by atoms with van der Waals surface area (Å²) in [5.41, 5.74) is 9.24. The Bertz CT molecular complexity index is 1050. The van der Waals surface area contributed by atoms with Gasteiger partial charge in [-0.25, -0.2) is 0 Å². The second-order valence-corrected chi connectivity index (χ2v) is 7.98. The Morgan fingerprint density at radius 2 is 1.63 bits per heavy atom. The third kappa shape index (κ3) is 3.96. The number of hydrogen-bond donors (Lipinski definition) is 1. The van der Waals surface area contributed by atoms with Gasteiger partial charge in [-0.1, -0.05) is 66.2 Å². The molecule has 0 unspecified atom stereocenters. The van der Waals surface area contributed by atoms with Crippen molar-refractivity contribution in [3.63, 3.8) is 0 Å². The van der Waals surface area contributed by atoms with Crippen molar-refractivity contribution in [1.29, 1.82) is 0 Å². The number of amides is 2. The fourth-order valence-corrected chi connectivity index (χ4v) is 4.48. The summed E-state index contributed by atoms with van der Waals surface area (Å²) < 4.78 is 0. The van der Waals surface area contributed by atoms with E-state index in [1.807, 2.05) is 66.7 Å². The summed E-state index contributed by atoms with van der Waals surface area (Å²) in [4.78, 5) is 28.1. The highest BCUT2D eigenvalue weighted by Crippen LogP contribution is 2.41. The molecule has 152 valence electrons. The molecule has 0 fully saturated rings. The summed E-state index contributed by atoms with van der Waals surface area (Å²) in [5.74, 6) is -0.777. The first kappa shape index (κ1) is 20.2. The summed E-state index contributed by atoms with van der Waals surface area (Å²) in [6.45, 7) is 0. The van der Waals surface area contributed by atoms with Gasteiger partial charge in [0.2, 0.25) is 5.91 Å². The minimum absolute atomic E-state index is 0.221. The maximum absolute atomic E-state index is 13.7. The zero-order valence-electron chi connectivity index (χ0n) is 16.5. The van der Waals surface area contributed by atoms with Gasteiger partial charge in [0, 0.05) is 10.6 Å². The van der Waals surface area contributed by atoms with E-state index in [-0.39, 0.29) is 11.9 Å². The van der Waals surface area contributed by atoms with E-state index in [0.717, 1.165) is 30.4 Å². The van der Waals surface area contributed by atoms with Gasteiger partial charge in [-0.05, 0) is 60.2 Å². The largest absolute Gasteiger partial charge is 0.368 e. The number of halogens is 1. The molecule has 2 N–H and O–H groups in total. The van der Waals surface area contributed by atoms with E-state index in [9.17, 15) is 9.59 Å². The first-order valence-electron chi connectivity index (χ1n) is 10.1. The lowest BCUT2D eigenvalue weighted by atomic mass is 9.85. The molecule has 0 bridgehead atoms. The van der Waals surface area contributed by atoms with Gasteiger partial charge >= 0.3 is 0 Å². The molecule has 2 amide bonds. The van der Waals surface area contributed by atoms with Crippen LogP contribution in [0.5, 0.6) is 0 Å². The molecule has 0 saturated carbocycles. The van der Waals surface area contributed by atoms with Crippen molar-refractivity contribution in [3.8, 4) is 0 Å². The molecule has 0 aliphatic heterocycles. The quantitative estimate of drug-likeness (QED) is 0.627. The Kier molecular flexibility index (Phi) is 5.86. The fourth-order valence-electron chi connectivity index (χ4n) is 4.30. The van der Waals surface area contributed by atoms with Crippen molar-refractivity contribution in [2.45, 2.75) is 31.3 Å². The van der Waals surface area contributed by atoms with Crippen LogP contribution in [0, 0.1) is 0 Å². The highest BCUT2D eigenvalue weighted by atomic mass is 35.5. The number of nitrogens with zero attached hydrogens (tertiary/aromatic N) is 1. The number of fused-ring (bicyclic) bond motifs is 1. The van der Waals surface area contributed by atoms with Crippen LogP contribution in [0.15, 0.2) is 78.9 Å². The summed E-state index contributed by atoms with van der Waals surface area (Å²) >= 11 is 6.31. The molecule has 3 aromatic carbocycles. The van der Waals surface area contributed by atoms with Crippen LogP contribution < -0.4 is 5.73 Å². The van der Waals surface area contributed by atoms with E-state index >= 15 is 0 Å². The van der Waals surface area contributed by atoms with Crippen LogP contribution in [0.1, 0.15) is 52.0 Å². The van der Waals surface area contributed by atoms with Crippen molar-refractivity contribution in [1.82, 2.24) is 4.90 Å². The maximum Gasteiger partial charge on any atom is 0.255 e. The lowest BCUT2D eigenvalue weighted by Crippen LogP contribution is -2.44. The molecule has 30 heavy (non-hydrogen) atoms. The highest BCUT2D eigenvalue weighted by Gasteiger charge is 2.38. The molecule has 0 spiro atoms. The first-order chi connectivity index (χ1) is 14.6. The van der Waals surface area contributed by atoms with Crippen molar-refractivity contribution < 1.29 is 9.59 Å². The minimum Gasteiger partial charge on any atom is -0.368 e. The normalized spacial score (nSPS) is 16.4. The zero-order chi connectivity index (χ0) is 21.1. The SMILES string of the molecule is NC(=O)[C@H](c1ccccc1)N(C(=O)c1ccccc1)[C@@H]1CCCc2ccc(Cl)cc21. The maximum atomic E-state index is 13.7. The van der Waals surface area contributed by atoms with Gasteiger partial charge in [0.15, 0.2) is 0 Å². The summed E-state index contributed by atoms with van der Waals surface area (Å²) in [7, 11) is 0. The number of rotatable bonds is 5. The van der Waals surface area contributed by atoms with Crippen LogP contribution in [0.3, 0.4) is 0 Å². The van der Waals surface area contributed by atoms with Crippen LogP contribution >= 0.6 is 11.6 Å². The molecule has 0 saturated heterocycles. The lowest BCUT2D eigenvalue weighted by Gasteiger charge is -2.40. The molecule has 3 aromatic rings. The topological polar surface area (TPSA) is 63.4 Å². The number of hydrogen-bond acceptors (Lipinski definition) is 2. The van der Waals surface area contributed by atoms with Crippen molar-refractivity contribution in [2.75, 3.05) is 0 Å². The van der Waals surface area contributed by atoms with Gasteiger partial charge < -0.3 is 10.6 Å². The average Bonchev–Trinajstić information content (AvgIpc) is 2.77. The summed E-state index contributed by atoms with van der Waals surface area (Å²) in [6, 6.07) is 22.9. The second kappa shape index (κ2) is 8.72. The number of carbonyl (C=O) groups is 2. The molecule has 4 nitrogen and oxygen atoms in total. The van der Waals surface area contributed by atoms with E-state index in [4.69, 9.17) is 17.3 Å². The van der Waals surface area contributed by atoms with Crippen molar-refractivity contribution in [3.05, 3.63) is 106 Å². The third-order valence-electron chi connectivity index (χ3n) is 5.64. The van der Waals surface area contributed by atoms with Gasteiger partial charge in [0.25, 0.3) is 5.91 Å². The molecule has 4 rings (SSSR count). The Balaban J connectivity index is 1.88. The molecule has 2 atom stereocenters. The van der Waals surface area contributed by atoms with E-state index in [2.05, 4.69) is 0 Å². The number of aryl methyl sites for hydroxylation is 1. The molecular weight excluding hydrogens is 396 g/mol. The van der Waals surface area contributed by atoms with Gasteiger partial charge in [-0.2, -0.15) is 0 Å². The smallest absolute Gasteiger partial charge is 0.255 e. The highest BCUT2D eigenvalue weighted by molar-refractivity contribution is 6.30. The molecular formula is C25H23ClN2O2. The van der Waals surface area contributed by atoms with E-state index in [0.29, 0.717) is 16.1 Å². The first-order valence-corrected chi connectivity index (χ1v) is 10.4. The zero-order valence-corrected chi connectivity index (χ0v) is 17.3. The number of nitrogens with two attached hydrogens (primary N) is 1. The average molecular weight is 419 g/mol. The molecule has 1 aliphatic rings. The second-order valence-electron chi connectivity index (χ2n) is 7.55. The molecule has 5 heteroatoms. The monoisotopic (exact) mass is 418 g/mol. The third-order valence-corrected chi connectivity index (χ3v) is 5.88. The molecule has 0 aromatic heterocycles. The predicted molar refractivity (Wildman–Crippen MR) is 118 cm³/mol. The summed E-state index contributed by atoms with van der Waals surface area (Å²) in [6.07, 6.45) is 2.57. The Labute approximate surface area is 181 Å². The standard InChI is InChI=1S/C25H23ClN2O2/c26-20-15-14-17-12-7-13-22(21(17)16-20)28(25(30)19-10-5-2-6-11-19)23(24(27)29)18-8-3-1-4-9-18/h1-6,8-11,14-16,22-23H,7,12-13H2,(H2,27,29)/t22-,23+/m1/s1. The Morgan fingerprint density at radius 3 is 2.30 bits per heavy atom. The number of primary amides is 1. The van der Waals surface area contributed by atoms with Gasteiger partial charge in [-0.3, -0.25) is 9.59 Å². The fraction of sp³-hybridized carbons (Fsp3) is 0.200. The van der Waals surface area contributed by atoms with Crippen LogP contribution in [-0.4, -0.2) is 16.7 Å². The Morgan fingerprint density at radius 1 is 0.967 bits per heavy atom.